The molecule has 0 aromatic carbocycles. The summed E-state index contributed by atoms with van der Waals surface area (Å²) in [5, 5.41) is 3.11. The average Bonchev–Trinajstić information content (AvgIpc) is 2.34. The van der Waals surface area contributed by atoms with Crippen LogP contribution in [0, 0.1) is 5.92 Å². The van der Waals surface area contributed by atoms with Gasteiger partial charge in [-0.25, -0.2) is 0 Å². The summed E-state index contributed by atoms with van der Waals surface area (Å²) in [5.41, 5.74) is 0. The van der Waals surface area contributed by atoms with E-state index < -0.39 is 0 Å². The number of rotatable bonds is 7. The first-order chi connectivity index (χ1) is 9.22. The zero-order valence-corrected chi connectivity index (χ0v) is 12.0. The van der Waals surface area contributed by atoms with Gasteiger partial charge in [-0.15, -0.1) is 0 Å². The maximum atomic E-state index is 5.40. The third-order valence-electron chi connectivity index (χ3n) is 3.31. The number of ether oxygens (including phenoxy) is 1. The molecule has 6 nitrogen and oxygen atoms in total. The molecule has 1 aromatic heterocycles. The van der Waals surface area contributed by atoms with Crippen LogP contribution >= 0.6 is 0 Å². The van der Waals surface area contributed by atoms with E-state index in [1.165, 1.54) is 19.3 Å². The van der Waals surface area contributed by atoms with E-state index in [-0.39, 0.29) is 0 Å². The first-order valence-corrected chi connectivity index (χ1v) is 7.06. The average molecular weight is 265 g/mol. The lowest BCUT2D eigenvalue weighted by atomic mass is 9.85. The highest BCUT2D eigenvalue weighted by Gasteiger charge is 2.21. The summed E-state index contributed by atoms with van der Waals surface area (Å²) in [7, 11) is 2.03. The highest BCUT2D eigenvalue weighted by Crippen LogP contribution is 2.28. The largest absolute Gasteiger partial charge is 0.464 e. The molecule has 0 unspecified atom stereocenters. The second-order valence-corrected chi connectivity index (χ2v) is 4.88. The minimum absolute atomic E-state index is 0.393. The van der Waals surface area contributed by atoms with Crippen LogP contribution in [0.25, 0.3) is 0 Å². The van der Waals surface area contributed by atoms with Crippen LogP contribution in [0.2, 0.25) is 0 Å². The fourth-order valence-electron chi connectivity index (χ4n) is 2.09. The molecule has 0 atom stereocenters. The van der Waals surface area contributed by atoms with Gasteiger partial charge in [-0.2, -0.15) is 15.0 Å². The molecule has 0 radical (unpaired) electrons. The van der Waals surface area contributed by atoms with Gasteiger partial charge in [0.05, 0.1) is 6.61 Å². The van der Waals surface area contributed by atoms with Gasteiger partial charge in [0, 0.05) is 20.1 Å². The summed E-state index contributed by atoms with van der Waals surface area (Å²) in [6.07, 6.45) is 3.98. The molecule has 19 heavy (non-hydrogen) atoms. The number of nitrogens with zero attached hydrogens (tertiary/aromatic N) is 4. The van der Waals surface area contributed by atoms with Crippen molar-refractivity contribution in [2.45, 2.75) is 33.1 Å². The lowest BCUT2D eigenvalue weighted by Crippen LogP contribution is -2.30. The van der Waals surface area contributed by atoms with Crippen molar-refractivity contribution in [1.29, 1.82) is 0 Å². The van der Waals surface area contributed by atoms with Gasteiger partial charge < -0.3 is 15.0 Å². The summed E-state index contributed by atoms with van der Waals surface area (Å²) < 4.78 is 5.40. The molecule has 6 heteroatoms. The molecule has 1 aliphatic rings. The summed E-state index contributed by atoms with van der Waals surface area (Å²) in [6.45, 7) is 6.28. The third-order valence-corrected chi connectivity index (χ3v) is 3.31. The molecule has 1 aromatic rings. The second kappa shape index (κ2) is 6.54. The smallest absolute Gasteiger partial charge is 0.323 e. The Balaban J connectivity index is 2.11. The Kier molecular flexibility index (Phi) is 4.76. The van der Waals surface area contributed by atoms with Crippen LogP contribution in [0.15, 0.2) is 0 Å². The molecule has 1 saturated carbocycles. The zero-order valence-electron chi connectivity index (χ0n) is 12.0. The van der Waals surface area contributed by atoms with Crippen molar-refractivity contribution in [2.75, 3.05) is 37.0 Å². The molecule has 2 rings (SSSR count). The van der Waals surface area contributed by atoms with Crippen LogP contribution in [0.1, 0.15) is 33.1 Å². The monoisotopic (exact) mass is 265 g/mol. The van der Waals surface area contributed by atoms with Gasteiger partial charge in [0.1, 0.15) is 0 Å². The Hall–Kier alpha value is -1.59. The minimum atomic E-state index is 0.393. The first-order valence-electron chi connectivity index (χ1n) is 7.06. The van der Waals surface area contributed by atoms with E-state index in [0.29, 0.717) is 24.5 Å². The summed E-state index contributed by atoms with van der Waals surface area (Å²) in [4.78, 5) is 15.1. The summed E-state index contributed by atoms with van der Waals surface area (Å²) in [5.74, 6) is 2.04. The van der Waals surface area contributed by atoms with Gasteiger partial charge in [-0.3, -0.25) is 0 Å². The molecule has 0 aliphatic heterocycles. The van der Waals surface area contributed by atoms with Crippen LogP contribution in [0.5, 0.6) is 6.01 Å². The highest BCUT2D eigenvalue weighted by molar-refractivity contribution is 5.37. The van der Waals surface area contributed by atoms with E-state index in [1.54, 1.807) is 0 Å². The van der Waals surface area contributed by atoms with Crippen LogP contribution in [0.4, 0.5) is 11.9 Å². The van der Waals surface area contributed by atoms with Gasteiger partial charge >= 0.3 is 6.01 Å². The maximum absolute atomic E-state index is 5.40. The van der Waals surface area contributed by atoms with Crippen molar-refractivity contribution in [3.8, 4) is 6.01 Å². The molecule has 0 saturated heterocycles. The van der Waals surface area contributed by atoms with Crippen molar-refractivity contribution in [3.63, 3.8) is 0 Å². The van der Waals surface area contributed by atoms with E-state index in [1.807, 2.05) is 20.9 Å². The van der Waals surface area contributed by atoms with Crippen LogP contribution in [-0.4, -0.2) is 41.7 Å². The van der Waals surface area contributed by atoms with Gasteiger partial charge in [-0.05, 0) is 32.6 Å². The molecule has 1 N–H and O–H groups in total. The van der Waals surface area contributed by atoms with E-state index in [0.717, 1.165) is 19.0 Å². The number of aromatic nitrogens is 3. The topological polar surface area (TPSA) is 63.2 Å². The second-order valence-electron chi connectivity index (χ2n) is 4.88. The third kappa shape index (κ3) is 3.68. The Labute approximate surface area is 114 Å². The number of hydrogen-bond donors (Lipinski definition) is 1. The normalized spacial score (nSPS) is 14.9. The fraction of sp³-hybridized carbons (Fsp3) is 0.769. The van der Waals surface area contributed by atoms with Crippen LogP contribution in [-0.2, 0) is 0 Å². The molecular formula is C13H23N5O. The predicted molar refractivity (Wildman–Crippen MR) is 75.8 cm³/mol. The minimum Gasteiger partial charge on any atom is -0.464 e. The standard InChI is InChI=1S/C13H23N5O/c1-4-14-11-15-12(17-13(16-11)19-5-2)18(3)9-10-7-6-8-10/h10H,4-9H2,1-3H3,(H,14,15,16,17). The number of hydrogen-bond acceptors (Lipinski definition) is 6. The fourth-order valence-corrected chi connectivity index (χ4v) is 2.09. The molecule has 1 aliphatic carbocycles. The van der Waals surface area contributed by atoms with Crippen molar-refractivity contribution >= 4 is 11.9 Å². The van der Waals surface area contributed by atoms with Gasteiger partial charge in [0.25, 0.3) is 0 Å². The molecule has 106 valence electrons. The van der Waals surface area contributed by atoms with Crippen molar-refractivity contribution < 1.29 is 4.74 Å². The Bertz CT molecular complexity index is 384. The van der Waals surface area contributed by atoms with Crippen molar-refractivity contribution in [2.24, 2.45) is 5.92 Å². The molecular weight excluding hydrogens is 242 g/mol. The van der Waals surface area contributed by atoms with Gasteiger partial charge in [0.2, 0.25) is 11.9 Å². The van der Waals surface area contributed by atoms with Gasteiger partial charge in [0.15, 0.2) is 0 Å². The Morgan fingerprint density at radius 1 is 1.26 bits per heavy atom. The van der Waals surface area contributed by atoms with Crippen molar-refractivity contribution in [3.05, 3.63) is 0 Å². The molecule has 1 fully saturated rings. The van der Waals surface area contributed by atoms with E-state index in [9.17, 15) is 0 Å². The highest BCUT2D eigenvalue weighted by atomic mass is 16.5. The molecule has 0 bridgehead atoms. The Morgan fingerprint density at radius 3 is 2.63 bits per heavy atom. The summed E-state index contributed by atoms with van der Waals surface area (Å²) >= 11 is 0. The van der Waals surface area contributed by atoms with Crippen molar-refractivity contribution in [1.82, 2.24) is 15.0 Å². The number of anilines is 2. The predicted octanol–water partition coefficient (Wildman–Crippen LogP) is 1.94. The lowest BCUT2D eigenvalue weighted by Gasteiger charge is -2.30. The lowest BCUT2D eigenvalue weighted by molar-refractivity contribution is 0.308. The summed E-state index contributed by atoms with van der Waals surface area (Å²) in [6, 6.07) is 0.393. The van der Waals surface area contributed by atoms with Gasteiger partial charge in [-0.1, -0.05) is 6.42 Å². The van der Waals surface area contributed by atoms with E-state index in [2.05, 4.69) is 25.2 Å². The Morgan fingerprint density at radius 2 is 2.05 bits per heavy atom. The maximum Gasteiger partial charge on any atom is 0.323 e. The quantitative estimate of drug-likeness (QED) is 0.813. The van der Waals surface area contributed by atoms with E-state index >= 15 is 0 Å². The SMILES string of the molecule is CCNc1nc(OCC)nc(N(C)CC2CCC2)n1. The molecule has 0 amide bonds. The van der Waals surface area contributed by atoms with Crippen LogP contribution < -0.4 is 15.0 Å². The first kappa shape index (κ1) is 13.8. The molecule has 1 heterocycles. The van der Waals surface area contributed by atoms with E-state index in [4.69, 9.17) is 4.74 Å². The number of nitrogens with one attached hydrogen (secondary N) is 1. The van der Waals surface area contributed by atoms with Crippen LogP contribution in [0.3, 0.4) is 0 Å². The zero-order chi connectivity index (χ0) is 13.7. The molecule has 0 spiro atoms.